The number of halogens is 1. The molecule has 0 bridgehead atoms. The number of carbonyl (C=O) groups is 1. The lowest BCUT2D eigenvalue weighted by Gasteiger charge is -2.12. The van der Waals surface area contributed by atoms with E-state index in [0.717, 1.165) is 36.0 Å². The van der Waals surface area contributed by atoms with Crippen LogP contribution in [0.1, 0.15) is 29.0 Å². The van der Waals surface area contributed by atoms with Gasteiger partial charge in [-0.25, -0.2) is 0 Å². The number of aromatic nitrogens is 2. The van der Waals surface area contributed by atoms with Crippen molar-refractivity contribution in [1.29, 1.82) is 0 Å². The van der Waals surface area contributed by atoms with Crippen LogP contribution in [0.15, 0.2) is 22.7 Å². The largest absolute Gasteiger partial charge is 0.454 e. The number of aryl methyl sites for hydroxylation is 1. The maximum absolute atomic E-state index is 12.5. The van der Waals surface area contributed by atoms with Crippen molar-refractivity contribution in [1.82, 2.24) is 9.78 Å². The third-order valence-electron chi connectivity index (χ3n) is 3.87. The monoisotopic (exact) mass is 363 g/mol. The zero-order chi connectivity index (χ0) is 15.1. The highest BCUT2D eigenvalue weighted by molar-refractivity contribution is 9.10. The first kappa shape index (κ1) is 13.6. The Morgan fingerprint density at radius 3 is 3.00 bits per heavy atom. The Hall–Kier alpha value is -2.02. The lowest BCUT2D eigenvalue weighted by Crippen LogP contribution is -2.14. The first-order valence-electron chi connectivity index (χ1n) is 7.18. The second-order valence-electron chi connectivity index (χ2n) is 5.31. The fourth-order valence-electron chi connectivity index (χ4n) is 2.76. The van der Waals surface area contributed by atoms with Gasteiger partial charge in [-0.05, 0) is 47.3 Å². The van der Waals surface area contributed by atoms with Crippen molar-refractivity contribution in [3.8, 4) is 11.5 Å². The molecule has 2 aromatic rings. The van der Waals surface area contributed by atoms with Crippen LogP contribution >= 0.6 is 15.9 Å². The minimum absolute atomic E-state index is 0.214. The molecule has 1 N–H and O–H groups in total. The Morgan fingerprint density at radius 2 is 2.14 bits per heavy atom. The van der Waals surface area contributed by atoms with Gasteiger partial charge in [0.05, 0.1) is 10.2 Å². The molecule has 0 fully saturated rings. The number of hydrogen-bond donors (Lipinski definition) is 1. The number of amides is 1. The predicted octanol–water partition coefficient (Wildman–Crippen LogP) is 2.96. The van der Waals surface area contributed by atoms with Crippen LogP contribution in [-0.4, -0.2) is 22.5 Å². The Morgan fingerprint density at radius 1 is 1.27 bits per heavy atom. The van der Waals surface area contributed by atoms with Crippen LogP contribution in [0.4, 0.5) is 5.69 Å². The van der Waals surface area contributed by atoms with E-state index in [4.69, 9.17) is 9.47 Å². The standard InChI is InChI=1S/C15H14BrN3O3/c16-13-10-3-1-2-6-19(10)18-14(13)15(20)17-9-4-5-11-12(7-9)22-8-21-11/h4-5,7H,1-3,6,8H2,(H,17,20). The Labute approximate surface area is 135 Å². The smallest absolute Gasteiger partial charge is 0.277 e. The average Bonchev–Trinajstić information content (AvgIpc) is 3.12. The molecule has 114 valence electrons. The molecule has 2 aliphatic rings. The van der Waals surface area contributed by atoms with E-state index < -0.39 is 0 Å². The molecule has 6 nitrogen and oxygen atoms in total. The van der Waals surface area contributed by atoms with Crippen molar-refractivity contribution in [2.24, 2.45) is 0 Å². The molecule has 1 amide bonds. The number of carbonyl (C=O) groups excluding carboxylic acids is 1. The average molecular weight is 364 g/mol. The normalized spacial score (nSPS) is 15.5. The number of nitrogens with one attached hydrogen (secondary N) is 1. The Bertz CT molecular complexity index is 757. The van der Waals surface area contributed by atoms with E-state index in [2.05, 4.69) is 26.3 Å². The summed E-state index contributed by atoms with van der Waals surface area (Å²) in [4.78, 5) is 12.5. The minimum Gasteiger partial charge on any atom is -0.454 e. The van der Waals surface area contributed by atoms with E-state index in [-0.39, 0.29) is 12.7 Å². The molecule has 0 radical (unpaired) electrons. The molecule has 0 aliphatic carbocycles. The second-order valence-corrected chi connectivity index (χ2v) is 6.10. The van der Waals surface area contributed by atoms with E-state index >= 15 is 0 Å². The van der Waals surface area contributed by atoms with Crippen molar-refractivity contribution < 1.29 is 14.3 Å². The summed E-state index contributed by atoms with van der Waals surface area (Å²) in [6.07, 6.45) is 3.18. The zero-order valence-electron chi connectivity index (χ0n) is 11.8. The SMILES string of the molecule is O=C(Nc1ccc2c(c1)OCO2)c1nn2c(c1Br)CCCC2. The number of benzene rings is 1. The van der Waals surface area contributed by atoms with Gasteiger partial charge >= 0.3 is 0 Å². The van der Waals surface area contributed by atoms with Gasteiger partial charge in [-0.2, -0.15) is 5.10 Å². The molecule has 22 heavy (non-hydrogen) atoms. The molecule has 0 unspecified atom stereocenters. The van der Waals surface area contributed by atoms with Crippen molar-refractivity contribution >= 4 is 27.5 Å². The number of anilines is 1. The van der Waals surface area contributed by atoms with Gasteiger partial charge in [0.15, 0.2) is 17.2 Å². The third kappa shape index (κ3) is 2.25. The van der Waals surface area contributed by atoms with E-state index in [0.29, 0.717) is 22.9 Å². The summed E-state index contributed by atoms with van der Waals surface area (Å²) >= 11 is 3.51. The molecule has 0 atom stereocenters. The third-order valence-corrected chi connectivity index (χ3v) is 4.71. The lowest BCUT2D eigenvalue weighted by molar-refractivity contribution is 0.102. The van der Waals surface area contributed by atoms with Gasteiger partial charge in [0.25, 0.3) is 5.91 Å². The fraction of sp³-hybridized carbons (Fsp3) is 0.333. The van der Waals surface area contributed by atoms with Crippen LogP contribution in [0.3, 0.4) is 0 Å². The fourth-order valence-corrected chi connectivity index (χ4v) is 3.42. The van der Waals surface area contributed by atoms with Crippen LogP contribution in [0.5, 0.6) is 11.5 Å². The molecular weight excluding hydrogens is 350 g/mol. The predicted molar refractivity (Wildman–Crippen MR) is 83.4 cm³/mol. The number of hydrogen-bond acceptors (Lipinski definition) is 4. The molecular formula is C15H14BrN3O3. The lowest BCUT2D eigenvalue weighted by atomic mass is 10.1. The van der Waals surface area contributed by atoms with Crippen molar-refractivity contribution in [2.45, 2.75) is 25.8 Å². The quantitative estimate of drug-likeness (QED) is 0.890. The zero-order valence-corrected chi connectivity index (χ0v) is 13.4. The Balaban J connectivity index is 1.59. The minimum atomic E-state index is -0.229. The van der Waals surface area contributed by atoms with Crippen LogP contribution in [-0.2, 0) is 13.0 Å². The number of rotatable bonds is 2. The molecule has 0 saturated carbocycles. The van der Waals surface area contributed by atoms with Crippen molar-refractivity contribution in [3.63, 3.8) is 0 Å². The highest BCUT2D eigenvalue weighted by atomic mass is 79.9. The molecule has 2 aliphatic heterocycles. The molecule has 1 aromatic heterocycles. The van der Waals surface area contributed by atoms with Crippen LogP contribution in [0, 0.1) is 0 Å². The van der Waals surface area contributed by atoms with Gasteiger partial charge in [0, 0.05) is 18.3 Å². The first-order chi connectivity index (χ1) is 10.7. The Kier molecular flexibility index (Phi) is 3.29. The molecule has 7 heteroatoms. The summed E-state index contributed by atoms with van der Waals surface area (Å²) in [6, 6.07) is 5.32. The molecule has 0 saturated heterocycles. The maximum atomic E-state index is 12.5. The summed E-state index contributed by atoms with van der Waals surface area (Å²) < 4.78 is 13.3. The highest BCUT2D eigenvalue weighted by Crippen LogP contribution is 2.34. The van der Waals surface area contributed by atoms with E-state index in [9.17, 15) is 4.79 Å². The van der Waals surface area contributed by atoms with E-state index in [1.165, 1.54) is 0 Å². The van der Waals surface area contributed by atoms with E-state index in [1.54, 1.807) is 18.2 Å². The molecule has 1 aromatic carbocycles. The van der Waals surface area contributed by atoms with Gasteiger partial charge in [0.2, 0.25) is 6.79 Å². The number of nitrogens with zero attached hydrogens (tertiary/aromatic N) is 2. The van der Waals surface area contributed by atoms with Crippen LogP contribution in [0.25, 0.3) is 0 Å². The van der Waals surface area contributed by atoms with Gasteiger partial charge in [-0.15, -0.1) is 0 Å². The summed E-state index contributed by atoms with van der Waals surface area (Å²) in [5.41, 5.74) is 2.18. The topological polar surface area (TPSA) is 65.4 Å². The van der Waals surface area contributed by atoms with Crippen LogP contribution in [0.2, 0.25) is 0 Å². The molecule has 3 heterocycles. The summed E-state index contributed by atoms with van der Waals surface area (Å²) in [7, 11) is 0. The van der Waals surface area contributed by atoms with Gasteiger partial charge < -0.3 is 14.8 Å². The summed E-state index contributed by atoms with van der Waals surface area (Å²) in [5, 5.41) is 7.28. The van der Waals surface area contributed by atoms with Gasteiger partial charge in [-0.1, -0.05) is 0 Å². The highest BCUT2D eigenvalue weighted by Gasteiger charge is 2.23. The van der Waals surface area contributed by atoms with Crippen molar-refractivity contribution in [2.75, 3.05) is 12.1 Å². The van der Waals surface area contributed by atoms with Crippen molar-refractivity contribution in [3.05, 3.63) is 34.1 Å². The molecule has 4 rings (SSSR count). The summed E-state index contributed by atoms with van der Waals surface area (Å²) in [6.45, 7) is 1.08. The first-order valence-corrected chi connectivity index (χ1v) is 7.98. The molecule has 0 spiro atoms. The number of ether oxygens (including phenoxy) is 2. The van der Waals surface area contributed by atoms with Crippen LogP contribution < -0.4 is 14.8 Å². The maximum Gasteiger partial charge on any atom is 0.277 e. The van der Waals surface area contributed by atoms with Gasteiger partial charge in [-0.3, -0.25) is 9.48 Å². The number of fused-ring (bicyclic) bond motifs is 2. The second kappa shape index (κ2) is 5.31. The van der Waals surface area contributed by atoms with E-state index in [1.807, 2.05) is 4.68 Å². The summed E-state index contributed by atoms with van der Waals surface area (Å²) in [5.74, 6) is 1.10. The van der Waals surface area contributed by atoms with Gasteiger partial charge in [0.1, 0.15) is 0 Å².